The zero-order valence-corrected chi connectivity index (χ0v) is 18.9. The Hall–Kier alpha value is -1.16. The van der Waals surface area contributed by atoms with E-state index in [1.54, 1.807) is 12.1 Å². The number of carbonyl (C=O) groups excluding carboxylic acids is 1. The number of likely N-dealkylation sites (N-methyl/N-ethyl adjacent to an activating group) is 1. The van der Waals surface area contributed by atoms with E-state index in [0.29, 0.717) is 24.0 Å². The van der Waals surface area contributed by atoms with Gasteiger partial charge in [0.05, 0.1) is 10.8 Å². The van der Waals surface area contributed by atoms with Crippen LogP contribution < -0.4 is 5.32 Å². The topological polar surface area (TPSA) is 82.6 Å². The molecule has 0 radical (unpaired) electrons. The van der Waals surface area contributed by atoms with Crippen molar-refractivity contribution in [3.63, 3.8) is 0 Å². The minimum Gasteiger partial charge on any atom is -0.353 e. The predicted octanol–water partition coefficient (Wildman–Crippen LogP) is 2.05. The van der Waals surface area contributed by atoms with E-state index in [1.165, 1.54) is 22.3 Å². The number of sulfonamides is 1. The minimum absolute atomic E-state index is 0.0304. The van der Waals surface area contributed by atoms with Crippen molar-refractivity contribution in [2.24, 2.45) is 5.92 Å². The van der Waals surface area contributed by atoms with E-state index in [1.807, 2.05) is 14.0 Å². The van der Waals surface area contributed by atoms with Crippen molar-refractivity contribution in [2.45, 2.75) is 49.6 Å². The largest absolute Gasteiger partial charge is 0.353 e. The standard InChI is InChI=1S/C19H32N4O3S2/c1-15(2)5-6-16(3)21-18(24)14-27-19-8-7-17(13-20-19)28(25,26)23-11-9-22(4)10-12-23/h7-8,13,15-16H,5-6,9-12,14H2,1-4H3,(H,21,24). The first kappa shape index (κ1) is 23.1. The molecule has 1 aromatic rings. The summed E-state index contributed by atoms with van der Waals surface area (Å²) in [6.07, 6.45) is 3.43. The monoisotopic (exact) mass is 428 g/mol. The first-order valence-electron chi connectivity index (χ1n) is 9.75. The van der Waals surface area contributed by atoms with Gasteiger partial charge >= 0.3 is 0 Å². The fraction of sp³-hybridized carbons (Fsp3) is 0.684. The summed E-state index contributed by atoms with van der Waals surface area (Å²) in [5.41, 5.74) is 0. The van der Waals surface area contributed by atoms with Gasteiger partial charge < -0.3 is 10.2 Å². The SMILES string of the molecule is CC(C)CCC(C)NC(=O)CSc1ccc(S(=O)(=O)N2CCN(C)CC2)cn1. The highest BCUT2D eigenvalue weighted by Gasteiger charge is 2.27. The number of hydrogen-bond donors (Lipinski definition) is 1. The van der Waals surface area contributed by atoms with Gasteiger partial charge in [0.15, 0.2) is 0 Å². The van der Waals surface area contributed by atoms with Crippen LogP contribution >= 0.6 is 11.8 Å². The molecule has 0 saturated carbocycles. The number of carbonyl (C=O) groups is 1. The number of rotatable bonds is 9. The lowest BCUT2D eigenvalue weighted by Gasteiger charge is -2.31. The maximum absolute atomic E-state index is 12.7. The third kappa shape index (κ3) is 7.02. The second-order valence-electron chi connectivity index (χ2n) is 7.77. The molecule has 0 bridgehead atoms. The van der Waals surface area contributed by atoms with Crippen molar-refractivity contribution in [3.8, 4) is 0 Å². The van der Waals surface area contributed by atoms with Crippen molar-refractivity contribution in [3.05, 3.63) is 18.3 Å². The minimum atomic E-state index is -3.51. The van der Waals surface area contributed by atoms with Crippen LogP contribution in [0.15, 0.2) is 28.3 Å². The molecule has 158 valence electrons. The number of amides is 1. The normalized spacial score (nSPS) is 17.6. The zero-order chi connectivity index (χ0) is 20.7. The average Bonchev–Trinajstić information content (AvgIpc) is 2.65. The summed E-state index contributed by atoms with van der Waals surface area (Å²) in [4.78, 5) is 18.6. The molecular weight excluding hydrogens is 396 g/mol. The van der Waals surface area contributed by atoms with E-state index in [4.69, 9.17) is 0 Å². The lowest BCUT2D eigenvalue weighted by atomic mass is 10.0. The number of thioether (sulfide) groups is 1. The van der Waals surface area contributed by atoms with Gasteiger partial charge in [0, 0.05) is 38.4 Å². The van der Waals surface area contributed by atoms with E-state index < -0.39 is 10.0 Å². The Bertz CT molecular complexity index is 730. The fourth-order valence-electron chi connectivity index (χ4n) is 2.89. The van der Waals surface area contributed by atoms with Crippen molar-refractivity contribution in [1.82, 2.24) is 19.5 Å². The molecule has 0 aromatic carbocycles. The second kappa shape index (κ2) is 10.6. The molecule has 9 heteroatoms. The van der Waals surface area contributed by atoms with Crippen LogP contribution in [0, 0.1) is 5.92 Å². The van der Waals surface area contributed by atoms with Gasteiger partial charge in [0.1, 0.15) is 4.90 Å². The molecule has 1 aliphatic heterocycles. The van der Waals surface area contributed by atoms with E-state index in [9.17, 15) is 13.2 Å². The summed E-state index contributed by atoms with van der Waals surface area (Å²) in [5.74, 6) is 0.861. The van der Waals surface area contributed by atoms with Gasteiger partial charge in [-0.25, -0.2) is 13.4 Å². The highest BCUT2D eigenvalue weighted by molar-refractivity contribution is 7.99. The summed E-state index contributed by atoms with van der Waals surface area (Å²) in [6, 6.07) is 3.40. The Kier molecular flexibility index (Phi) is 8.73. The van der Waals surface area contributed by atoms with E-state index in [0.717, 1.165) is 25.9 Å². The van der Waals surface area contributed by atoms with Crippen LogP contribution in [0.3, 0.4) is 0 Å². The number of aromatic nitrogens is 1. The third-order valence-electron chi connectivity index (χ3n) is 4.74. The van der Waals surface area contributed by atoms with E-state index in [2.05, 4.69) is 29.0 Å². The third-order valence-corrected chi connectivity index (χ3v) is 7.57. The van der Waals surface area contributed by atoms with Crippen molar-refractivity contribution < 1.29 is 13.2 Å². The Labute approximate surface area is 173 Å². The van der Waals surface area contributed by atoms with Crippen LogP contribution in [0.25, 0.3) is 0 Å². The zero-order valence-electron chi connectivity index (χ0n) is 17.2. The smallest absolute Gasteiger partial charge is 0.244 e. The second-order valence-corrected chi connectivity index (χ2v) is 10.7. The highest BCUT2D eigenvalue weighted by atomic mass is 32.2. The molecule has 28 heavy (non-hydrogen) atoms. The number of nitrogens with zero attached hydrogens (tertiary/aromatic N) is 3. The van der Waals surface area contributed by atoms with Crippen LogP contribution in [0.2, 0.25) is 0 Å². The number of piperazine rings is 1. The van der Waals surface area contributed by atoms with Crippen molar-refractivity contribution in [2.75, 3.05) is 39.0 Å². The van der Waals surface area contributed by atoms with E-state index in [-0.39, 0.29) is 22.6 Å². The quantitative estimate of drug-likeness (QED) is 0.606. The molecule has 0 spiro atoms. The Morgan fingerprint density at radius 2 is 1.86 bits per heavy atom. The molecule has 1 saturated heterocycles. The Balaban J connectivity index is 1.84. The maximum Gasteiger partial charge on any atom is 0.244 e. The van der Waals surface area contributed by atoms with Gasteiger partial charge in [-0.2, -0.15) is 4.31 Å². The Morgan fingerprint density at radius 1 is 1.18 bits per heavy atom. The summed E-state index contributed by atoms with van der Waals surface area (Å²) >= 11 is 1.31. The van der Waals surface area contributed by atoms with Crippen LogP contribution in [-0.2, 0) is 14.8 Å². The molecule has 1 aliphatic rings. The molecular formula is C19H32N4O3S2. The van der Waals surface area contributed by atoms with E-state index >= 15 is 0 Å². The molecule has 1 unspecified atom stereocenters. The Morgan fingerprint density at radius 3 is 2.43 bits per heavy atom. The maximum atomic E-state index is 12.7. The lowest BCUT2D eigenvalue weighted by Crippen LogP contribution is -2.47. The molecule has 2 heterocycles. The predicted molar refractivity (Wildman–Crippen MR) is 113 cm³/mol. The molecule has 2 rings (SSSR count). The van der Waals surface area contributed by atoms with Gasteiger partial charge in [-0.3, -0.25) is 4.79 Å². The molecule has 7 nitrogen and oxygen atoms in total. The molecule has 0 aliphatic carbocycles. The van der Waals surface area contributed by atoms with Crippen LogP contribution in [0.4, 0.5) is 0 Å². The van der Waals surface area contributed by atoms with Crippen molar-refractivity contribution >= 4 is 27.7 Å². The summed E-state index contributed by atoms with van der Waals surface area (Å²) in [5, 5.41) is 3.63. The van der Waals surface area contributed by atoms with Gasteiger partial charge in [-0.15, -0.1) is 0 Å². The first-order chi connectivity index (χ1) is 13.2. The van der Waals surface area contributed by atoms with Gasteiger partial charge in [-0.05, 0) is 44.9 Å². The number of hydrogen-bond acceptors (Lipinski definition) is 6. The van der Waals surface area contributed by atoms with Gasteiger partial charge in [0.25, 0.3) is 0 Å². The highest BCUT2D eigenvalue weighted by Crippen LogP contribution is 2.20. The molecule has 1 aromatic heterocycles. The molecule has 1 atom stereocenters. The average molecular weight is 429 g/mol. The summed E-state index contributed by atoms with van der Waals surface area (Å²) in [7, 11) is -1.52. The van der Waals surface area contributed by atoms with Crippen molar-refractivity contribution in [1.29, 1.82) is 0 Å². The summed E-state index contributed by atoms with van der Waals surface area (Å²) in [6.45, 7) is 8.79. The number of pyridine rings is 1. The first-order valence-corrected chi connectivity index (χ1v) is 12.2. The van der Waals surface area contributed by atoms with Crippen LogP contribution in [0.1, 0.15) is 33.6 Å². The fourth-order valence-corrected chi connectivity index (χ4v) is 4.92. The lowest BCUT2D eigenvalue weighted by molar-refractivity contribution is -0.119. The van der Waals surface area contributed by atoms with Gasteiger partial charge in [0.2, 0.25) is 15.9 Å². The summed E-state index contributed by atoms with van der Waals surface area (Å²) < 4.78 is 26.9. The molecule has 1 fully saturated rings. The molecule has 1 amide bonds. The number of nitrogens with one attached hydrogen (secondary N) is 1. The van der Waals surface area contributed by atoms with Crippen LogP contribution in [0.5, 0.6) is 0 Å². The van der Waals surface area contributed by atoms with Crippen LogP contribution in [-0.4, -0.2) is 73.5 Å². The molecule has 1 N–H and O–H groups in total. The van der Waals surface area contributed by atoms with Gasteiger partial charge in [-0.1, -0.05) is 25.6 Å².